The molecule has 0 spiro atoms. The molecular weight excluding hydrogens is 331 g/mol. The molecular formula is C19H18F3NO2. The maximum absolute atomic E-state index is 13.3. The van der Waals surface area contributed by atoms with Crippen LogP contribution >= 0.6 is 0 Å². The van der Waals surface area contributed by atoms with Crippen LogP contribution in [0, 0.1) is 5.41 Å². The van der Waals surface area contributed by atoms with E-state index in [0.717, 1.165) is 17.2 Å². The highest BCUT2D eigenvalue weighted by Crippen LogP contribution is 2.48. The minimum Gasteiger partial charge on any atom is -0.441 e. The summed E-state index contributed by atoms with van der Waals surface area (Å²) in [5.41, 5.74) is 6.39. The molecule has 0 aromatic heterocycles. The SMILES string of the molecule is CC1(C)Cc2cc(-c3ccccc3C(F)(F)F)ccc2C1OC(N)=O. The molecule has 0 fully saturated rings. The van der Waals surface area contributed by atoms with Crippen LogP contribution < -0.4 is 5.73 Å². The smallest absolute Gasteiger partial charge is 0.417 e. The number of carbonyl (C=O) groups is 1. The molecule has 0 saturated carbocycles. The maximum atomic E-state index is 13.3. The Kier molecular flexibility index (Phi) is 4.01. The first-order chi connectivity index (χ1) is 11.6. The van der Waals surface area contributed by atoms with Crippen LogP contribution in [0.25, 0.3) is 11.1 Å². The minimum atomic E-state index is -4.42. The number of alkyl halides is 3. The molecule has 132 valence electrons. The second-order valence-electron chi connectivity index (χ2n) is 6.94. The van der Waals surface area contributed by atoms with Crippen LogP contribution in [0.2, 0.25) is 0 Å². The Bertz CT molecular complexity index is 828. The molecule has 1 unspecified atom stereocenters. The van der Waals surface area contributed by atoms with Gasteiger partial charge in [0.1, 0.15) is 6.10 Å². The number of hydrogen-bond acceptors (Lipinski definition) is 2. The molecule has 2 aromatic rings. The van der Waals surface area contributed by atoms with Crippen molar-refractivity contribution in [3.63, 3.8) is 0 Å². The number of amides is 1. The highest BCUT2D eigenvalue weighted by molar-refractivity contribution is 5.70. The second kappa shape index (κ2) is 5.79. The lowest BCUT2D eigenvalue weighted by Gasteiger charge is -2.26. The van der Waals surface area contributed by atoms with Crippen molar-refractivity contribution in [3.8, 4) is 11.1 Å². The molecule has 0 saturated heterocycles. The molecule has 2 aromatic carbocycles. The zero-order valence-electron chi connectivity index (χ0n) is 13.9. The molecule has 0 aliphatic heterocycles. The third kappa shape index (κ3) is 3.21. The number of benzene rings is 2. The summed E-state index contributed by atoms with van der Waals surface area (Å²) in [6, 6.07) is 10.6. The summed E-state index contributed by atoms with van der Waals surface area (Å²) in [5.74, 6) is 0. The van der Waals surface area contributed by atoms with Gasteiger partial charge in [-0.1, -0.05) is 50.2 Å². The molecule has 1 aliphatic rings. The van der Waals surface area contributed by atoms with E-state index in [0.29, 0.717) is 12.0 Å². The van der Waals surface area contributed by atoms with E-state index in [-0.39, 0.29) is 11.0 Å². The molecule has 0 heterocycles. The summed E-state index contributed by atoms with van der Waals surface area (Å²) in [4.78, 5) is 11.2. The normalized spacial score (nSPS) is 18.7. The molecule has 1 amide bonds. The molecule has 3 nitrogen and oxygen atoms in total. The number of fused-ring (bicyclic) bond motifs is 1. The minimum absolute atomic E-state index is 0.134. The fourth-order valence-corrected chi connectivity index (χ4v) is 3.51. The van der Waals surface area contributed by atoms with Crippen LogP contribution in [-0.2, 0) is 17.3 Å². The Labute approximate surface area is 143 Å². The fraction of sp³-hybridized carbons (Fsp3) is 0.316. The lowest BCUT2D eigenvalue weighted by molar-refractivity contribution is -0.137. The monoisotopic (exact) mass is 349 g/mol. The van der Waals surface area contributed by atoms with Gasteiger partial charge < -0.3 is 10.5 Å². The predicted octanol–water partition coefficient (Wildman–Crippen LogP) is 5.09. The van der Waals surface area contributed by atoms with Crippen LogP contribution in [0.1, 0.15) is 36.6 Å². The first-order valence-electron chi connectivity index (χ1n) is 7.85. The van der Waals surface area contributed by atoms with Gasteiger partial charge in [0.25, 0.3) is 0 Å². The van der Waals surface area contributed by atoms with E-state index >= 15 is 0 Å². The average molecular weight is 349 g/mol. The second-order valence-corrected chi connectivity index (χ2v) is 6.94. The molecule has 0 bridgehead atoms. The van der Waals surface area contributed by atoms with Crippen molar-refractivity contribution in [1.29, 1.82) is 0 Å². The number of rotatable bonds is 2. The Hall–Kier alpha value is -2.50. The van der Waals surface area contributed by atoms with Crippen LogP contribution in [-0.4, -0.2) is 6.09 Å². The average Bonchev–Trinajstić information content (AvgIpc) is 2.75. The first kappa shape index (κ1) is 17.3. The van der Waals surface area contributed by atoms with Crippen molar-refractivity contribution in [2.75, 3.05) is 0 Å². The van der Waals surface area contributed by atoms with E-state index < -0.39 is 23.9 Å². The third-order valence-electron chi connectivity index (χ3n) is 4.56. The van der Waals surface area contributed by atoms with Crippen molar-refractivity contribution in [2.45, 2.75) is 32.5 Å². The van der Waals surface area contributed by atoms with Crippen molar-refractivity contribution >= 4 is 6.09 Å². The highest BCUT2D eigenvalue weighted by Gasteiger charge is 2.42. The van der Waals surface area contributed by atoms with Gasteiger partial charge in [0.05, 0.1) is 5.56 Å². The van der Waals surface area contributed by atoms with E-state index in [1.165, 1.54) is 12.1 Å². The van der Waals surface area contributed by atoms with Gasteiger partial charge >= 0.3 is 12.3 Å². The number of nitrogens with two attached hydrogens (primary N) is 1. The van der Waals surface area contributed by atoms with Crippen LogP contribution in [0.4, 0.5) is 18.0 Å². The van der Waals surface area contributed by atoms with E-state index in [1.54, 1.807) is 24.3 Å². The zero-order valence-corrected chi connectivity index (χ0v) is 13.9. The van der Waals surface area contributed by atoms with E-state index in [1.807, 2.05) is 13.8 Å². The molecule has 1 aliphatic carbocycles. The molecule has 6 heteroatoms. The van der Waals surface area contributed by atoms with Crippen LogP contribution in [0.5, 0.6) is 0 Å². The van der Waals surface area contributed by atoms with Crippen molar-refractivity contribution in [1.82, 2.24) is 0 Å². The number of halogens is 3. The lowest BCUT2D eigenvalue weighted by atomic mass is 9.87. The van der Waals surface area contributed by atoms with E-state index in [9.17, 15) is 18.0 Å². The molecule has 2 N–H and O–H groups in total. The summed E-state index contributed by atoms with van der Waals surface area (Å²) in [6.45, 7) is 3.87. The Morgan fingerprint density at radius 2 is 1.88 bits per heavy atom. The first-order valence-corrected chi connectivity index (χ1v) is 7.85. The van der Waals surface area contributed by atoms with Gasteiger partial charge in [0.2, 0.25) is 0 Å². The standard InChI is InChI=1S/C19H18F3NO2/c1-18(2)10-12-9-11(7-8-14(12)16(18)25-17(23)24)13-5-3-4-6-15(13)19(20,21)22/h3-9,16H,10H2,1-2H3,(H2,23,24). The fourth-order valence-electron chi connectivity index (χ4n) is 3.51. The van der Waals surface area contributed by atoms with Gasteiger partial charge in [0.15, 0.2) is 0 Å². The Balaban J connectivity index is 2.07. The third-order valence-corrected chi connectivity index (χ3v) is 4.56. The summed E-state index contributed by atoms with van der Waals surface area (Å²) in [7, 11) is 0. The summed E-state index contributed by atoms with van der Waals surface area (Å²) in [5, 5.41) is 0. The summed E-state index contributed by atoms with van der Waals surface area (Å²) >= 11 is 0. The molecule has 0 radical (unpaired) electrons. The zero-order chi connectivity index (χ0) is 18.4. The topological polar surface area (TPSA) is 52.3 Å². The van der Waals surface area contributed by atoms with E-state index in [4.69, 9.17) is 10.5 Å². The highest BCUT2D eigenvalue weighted by atomic mass is 19.4. The van der Waals surface area contributed by atoms with Gasteiger partial charge in [-0.15, -0.1) is 0 Å². The number of ether oxygens (including phenoxy) is 1. The number of carbonyl (C=O) groups excluding carboxylic acids is 1. The van der Waals surface area contributed by atoms with Gasteiger partial charge in [-0.05, 0) is 34.7 Å². The van der Waals surface area contributed by atoms with Crippen molar-refractivity contribution < 1.29 is 22.7 Å². The number of hydrogen-bond donors (Lipinski definition) is 1. The lowest BCUT2D eigenvalue weighted by Crippen LogP contribution is -2.25. The Morgan fingerprint density at radius 3 is 2.52 bits per heavy atom. The quantitative estimate of drug-likeness (QED) is 0.821. The molecule has 25 heavy (non-hydrogen) atoms. The van der Waals surface area contributed by atoms with Crippen LogP contribution in [0.15, 0.2) is 42.5 Å². The van der Waals surface area contributed by atoms with Gasteiger partial charge in [-0.25, -0.2) is 4.79 Å². The summed E-state index contributed by atoms with van der Waals surface area (Å²) < 4.78 is 45.0. The van der Waals surface area contributed by atoms with Gasteiger partial charge in [-0.3, -0.25) is 0 Å². The van der Waals surface area contributed by atoms with Crippen molar-refractivity contribution in [3.05, 3.63) is 59.2 Å². The predicted molar refractivity (Wildman–Crippen MR) is 87.8 cm³/mol. The molecule has 3 rings (SSSR count). The van der Waals surface area contributed by atoms with Crippen LogP contribution in [0.3, 0.4) is 0 Å². The van der Waals surface area contributed by atoms with E-state index in [2.05, 4.69) is 0 Å². The van der Waals surface area contributed by atoms with Crippen molar-refractivity contribution in [2.24, 2.45) is 11.1 Å². The van der Waals surface area contributed by atoms with Gasteiger partial charge in [-0.2, -0.15) is 13.2 Å². The number of primary amides is 1. The molecule has 1 atom stereocenters. The summed E-state index contributed by atoms with van der Waals surface area (Å²) in [6.07, 6.45) is -5.21. The largest absolute Gasteiger partial charge is 0.441 e. The van der Waals surface area contributed by atoms with Gasteiger partial charge in [0, 0.05) is 5.41 Å². The maximum Gasteiger partial charge on any atom is 0.417 e. The Morgan fingerprint density at radius 1 is 1.20 bits per heavy atom.